The Hall–Kier alpha value is -3.09. The fraction of sp³-hybridized carbons (Fsp3) is 0.211. The molecular weight excluding hydrogens is 336 g/mol. The van der Waals surface area contributed by atoms with Gasteiger partial charge in [-0.1, -0.05) is 19.1 Å². The molecule has 0 saturated heterocycles. The van der Waals surface area contributed by atoms with E-state index in [2.05, 4.69) is 25.6 Å². The number of halogens is 2. The molecule has 1 aromatic carbocycles. The molecule has 2 heterocycles. The molecule has 0 radical (unpaired) electrons. The van der Waals surface area contributed by atoms with Crippen molar-refractivity contribution in [2.24, 2.45) is 0 Å². The van der Waals surface area contributed by atoms with Crippen LogP contribution in [0.1, 0.15) is 20.3 Å². The first kappa shape index (κ1) is 17.7. The van der Waals surface area contributed by atoms with Crippen molar-refractivity contribution in [3.05, 3.63) is 60.3 Å². The minimum Gasteiger partial charge on any atom is -0.352 e. The highest BCUT2D eigenvalue weighted by atomic mass is 19.1. The third-order valence-electron chi connectivity index (χ3n) is 3.86. The third-order valence-corrected chi connectivity index (χ3v) is 3.86. The molecule has 1 atom stereocenters. The second kappa shape index (κ2) is 7.86. The first-order valence-electron chi connectivity index (χ1n) is 8.35. The predicted octanol–water partition coefficient (Wildman–Crippen LogP) is 4.77. The summed E-state index contributed by atoms with van der Waals surface area (Å²) < 4.78 is 27.9. The van der Waals surface area contributed by atoms with Crippen LogP contribution in [0.5, 0.6) is 0 Å². The molecule has 0 unspecified atom stereocenters. The number of nitrogens with zero attached hydrogens (tertiary/aromatic N) is 3. The molecule has 0 spiro atoms. The van der Waals surface area contributed by atoms with Crippen LogP contribution in [-0.4, -0.2) is 21.0 Å². The lowest BCUT2D eigenvalue weighted by molar-refractivity contribution is 0.590. The number of hydrogen-bond donors (Lipinski definition) is 2. The van der Waals surface area contributed by atoms with Crippen molar-refractivity contribution >= 4 is 17.5 Å². The summed E-state index contributed by atoms with van der Waals surface area (Å²) in [6.07, 6.45) is 2.53. The highest BCUT2D eigenvalue weighted by Gasteiger charge is 2.13. The molecule has 0 bridgehead atoms. The number of pyridine rings is 1. The SMILES string of the molecule is CC[C@H](C)Nc1nc(Nc2c(F)cccc2F)cc(-c2ccccn2)n1. The zero-order valence-electron chi connectivity index (χ0n) is 14.5. The maximum absolute atomic E-state index is 14.0. The summed E-state index contributed by atoms with van der Waals surface area (Å²) in [7, 11) is 0. The van der Waals surface area contributed by atoms with E-state index in [0.717, 1.165) is 6.42 Å². The second-order valence-corrected chi connectivity index (χ2v) is 5.85. The third kappa shape index (κ3) is 4.11. The van der Waals surface area contributed by atoms with E-state index in [-0.39, 0.29) is 17.5 Å². The average molecular weight is 355 g/mol. The van der Waals surface area contributed by atoms with Crippen molar-refractivity contribution in [3.8, 4) is 11.4 Å². The monoisotopic (exact) mass is 355 g/mol. The number of aromatic nitrogens is 3. The van der Waals surface area contributed by atoms with E-state index in [9.17, 15) is 8.78 Å². The maximum atomic E-state index is 14.0. The van der Waals surface area contributed by atoms with E-state index in [1.54, 1.807) is 18.3 Å². The van der Waals surface area contributed by atoms with E-state index in [4.69, 9.17) is 0 Å². The van der Waals surface area contributed by atoms with Gasteiger partial charge >= 0.3 is 0 Å². The molecule has 26 heavy (non-hydrogen) atoms. The van der Waals surface area contributed by atoms with Gasteiger partial charge in [-0.3, -0.25) is 4.98 Å². The van der Waals surface area contributed by atoms with Crippen LogP contribution in [0.15, 0.2) is 48.7 Å². The summed E-state index contributed by atoms with van der Waals surface area (Å²) in [6, 6.07) is 10.9. The Balaban J connectivity index is 2.02. The first-order valence-corrected chi connectivity index (χ1v) is 8.35. The minimum absolute atomic E-state index is 0.145. The number of rotatable bonds is 6. The smallest absolute Gasteiger partial charge is 0.225 e. The van der Waals surface area contributed by atoms with Crippen molar-refractivity contribution in [2.75, 3.05) is 10.6 Å². The van der Waals surface area contributed by atoms with Crippen molar-refractivity contribution in [3.63, 3.8) is 0 Å². The fourth-order valence-electron chi connectivity index (χ4n) is 2.29. The molecule has 0 aliphatic heterocycles. The Kier molecular flexibility index (Phi) is 5.36. The van der Waals surface area contributed by atoms with Crippen LogP contribution in [0.2, 0.25) is 0 Å². The van der Waals surface area contributed by atoms with Gasteiger partial charge in [-0.2, -0.15) is 4.98 Å². The molecule has 7 heteroatoms. The summed E-state index contributed by atoms with van der Waals surface area (Å²) in [5.41, 5.74) is 0.928. The molecule has 0 saturated carbocycles. The van der Waals surface area contributed by atoms with E-state index < -0.39 is 11.6 Å². The molecule has 2 N–H and O–H groups in total. The Bertz CT molecular complexity index is 866. The molecule has 0 amide bonds. The molecule has 134 valence electrons. The van der Waals surface area contributed by atoms with Crippen LogP contribution in [0.25, 0.3) is 11.4 Å². The van der Waals surface area contributed by atoms with E-state index in [1.807, 2.05) is 26.0 Å². The normalized spacial score (nSPS) is 11.8. The van der Waals surface area contributed by atoms with Gasteiger partial charge in [-0.05, 0) is 37.6 Å². The van der Waals surface area contributed by atoms with Gasteiger partial charge in [0.05, 0.1) is 11.4 Å². The van der Waals surface area contributed by atoms with Crippen LogP contribution in [-0.2, 0) is 0 Å². The van der Waals surface area contributed by atoms with Crippen molar-refractivity contribution in [2.45, 2.75) is 26.3 Å². The van der Waals surface area contributed by atoms with E-state index in [1.165, 1.54) is 18.2 Å². The van der Waals surface area contributed by atoms with Crippen LogP contribution >= 0.6 is 0 Å². The fourth-order valence-corrected chi connectivity index (χ4v) is 2.29. The van der Waals surface area contributed by atoms with Crippen LogP contribution in [0.4, 0.5) is 26.2 Å². The lowest BCUT2D eigenvalue weighted by Crippen LogP contribution is -2.16. The number of hydrogen-bond acceptors (Lipinski definition) is 5. The molecule has 0 aliphatic carbocycles. The van der Waals surface area contributed by atoms with Gasteiger partial charge in [0.15, 0.2) is 0 Å². The standard InChI is InChI=1S/C19H19F2N5/c1-3-12(2)23-19-24-16(15-9-4-5-10-22-15)11-17(26-19)25-18-13(20)7-6-8-14(18)21/h4-12H,3H2,1-2H3,(H2,23,24,25,26)/t12-/m0/s1. The molecule has 3 aromatic rings. The maximum Gasteiger partial charge on any atom is 0.225 e. The van der Waals surface area contributed by atoms with Gasteiger partial charge in [0.2, 0.25) is 5.95 Å². The first-order chi connectivity index (χ1) is 12.6. The Labute approximate surface area is 150 Å². The molecule has 3 rings (SSSR count). The predicted molar refractivity (Wildman–Crippen MR) is 98.3 cm³/mol. The van der Waals surface area contributed by atoms with Gasteiger partial charge in [0, 0.05) is 18.3 Å². The van der Waals surface area contributed by atoms with E-state index >= 15 is 0 Å². The van der Waals surface area contributed by atoms with Crippen molar-refractivity contribution < 1.29 is 8.78 Å². The Morgan fingerprint density at radius 3 is 2.42 bits per heavy atom. The molecule has 0 aliphatic rings. The summed E-state index contributed by atoms with van der Waals surface area (Å²) >= 11 is 0. The summed E-state index contributed by atoms with van der Waals surface area (Å²) in [5, 5.41) is 5.89. The second-order valence-electron chi connectivity index (χ2n) is 5.85. The number of para-hydroxylation sites is 1. The largest absolute Gasteiger partial charge is 0.352 e. The van der Waals surface area contributed by atoms with Crippen LogP contribution in [0.3, 0.4) is 0 Å². The van der Waals surface area contributed by atoms with Gasteiger partial charge < -0.3 is 10.6 Å². The highest BCUT2D eigenvalue weighted by molar-refractivity contribution is 5.65. The van der Waals surface area contributed by atoms with Gasteiger partial charge in [-0.15, -0.1) is 0 Å². The lowest BCUT2D eigenvalue weighted by Gasteiger charge is -2.15. The number of benzene rings is 1. The summed E-state index contributed by atoms with van der Waals surface area (Å²) in [4.78, 5) is 13.1. The topological polar surface area (TPSA) is 62.7 Å². The summed E-state index contributed by atoms with van der Waals surface area (Å²) in [5.74, 6) is -0.754. The van der Waals surface area contributed by atoms with Gasteiger partial charge in [-0.25, -0.2) is 13.8 Å². The lowest BCUT2D eigenvalue weighted by atomic mass is 10.2. The number of anilines is 3. The van der Waals surface area contributed by atoms with E-state index in [0.29, 0.717) is 17.3 Å². The molecule has 2 aromatic heterocycles. The van der Waals surface area contributed by atoms with Crippen LogP contribution < -0.4 is 10.6 Å². The Morgan fingerprint density at radius 2 is 1.77 bits per heavy atom. The van der Waals surface area contributed by atoms with Gasteiger partial charge in [0.25, 0.3) is 0 Å². The van der Waals surface area contributed by atoms with Crippen molar-refractivity contribution in [1.82, 2.24) is 15.0 Å². The minimum atomic E-state index is -0.695. The van der Waals surface area contributed by atoms with Crippen LogP contribution in [0, 0.1) is 11.6 Å². The molecule has 5 nitrogen and oxygen atoms in total. The average Bonchev–Trinajstić information content (AvgIpc) is 2.65. The zero-order chi connectivity index (χ0) is 18.5. The number of nitrogens with one attached hydrogen (secondary N) is 2. The molecular formula is C19H19F2N5. The zero-order valence-corrected chi connectivity index (χ0v) is 14.5. The van der Waals surface area contributed by atoms with Crippen molar-refractivity contribution in [1.29, 1.82) is 0 Å². The van der Waals surface area contributed by atoms with Gasteiger partial charge in [0.1, 0.15) is 23.1 Å². The summed E-state index contributed by atoms with van der Waals surface area (Å²) in [6.45, 7) is 4.04. The Morgan fingerprint density at radius 1 is 1.00 bits per heavy atom. The quantitative estimate of drug-likeness (QED) is 0.667. The highest BCUT2D eigenvalue weighted by Crippen LogP contribution is 2.25. The molecule has 0 fully saturated rings.